The molecule has 3 rings (SSSR count). The summed E-state index contributed by atoms with van der Waals surface area (Å²) < 4.78 is 12.0. The third-order valence-corrected chi connectivity index (χ3v) is 4.07. The molecule has 0 saturated carbocycles. The van der Waals surface area contributed by atoms with Gasteiger partial charge in [-0.15, -0.1) is 0 Å². The summed E-state index contributed by atoms with van der Waals surface area (Å²) in [7, 11) is 0. The van der Waals surface area contributed by atoms with Gasteiger partial charge in [-0.2, -0.15) is 5.10 Å². The average molecular weight is 413 g/mol. The number of amides is 1. The number of ether oxygens (including phenoxy) is 1. The summed E-state index contributed by atoms with van der Waals surface area (Å²) in [4.78, 5) is 11.8. The second-order valence-electron chi connectivity index (χ2n) is 5.59. The largest absolute Gasteiger partial charge is 0.489 e. The van der Waals surface area contributed by atoms with Gasteiger partial charge >= 0.3 is 5.91 Å². The van der Waals surface area contributed by atoms with Crippen molar-refractivity contribution >= 4 is 28.1 Å². The predicted molar refractivity (Wildman–Crippen MR) is 103 cm³/mol. The Morgan fingerprint density at radius 2 is 1.85 bits per heavy atom. The van der Waals surface area contributed by atoms with Crippen molar-refractivity contribution in [3.8, 4) is 5.75 Å². The first-order chi connectivity index (χ1) is 12.6. The van der Waals surface area contributed by atoms with Crippen molar-refractivity contribution in [2.75, 3.05) is 0 Å². The van der Waals surface area contributed by atoms with Gasteiger partial charge in [-0.05, 0) is 66.6 Å². The average Bonchev–Trinajstić information content (AvgIpc) is 3.09. The van der Waals surface area contributed by atoms with Crippen LogP contribution < -0.4 is 10.2 Å². The SMILES string of the molecule is Cc1ccc(C(=O)N/N=C\c2ccc(OCc3ccc(Br)cc3)cc2)o1. The number of aryl methyl sites for hydroxylation is 1. The van der Waals surface area contributed by atoms with Crippen LogP contribution in [-0.2, 0) is 6.61 Å². The highest BCUT2D eigenvalue weighted by molar-refractivity contribution is 9.10. The maximum atomic E-state index is 11.8. The van der Waals surface area contributed by atoms with E-state index < -0.39 is 0 Å². The van der Waals surface area contributed by atoms with Gasteiger partial charge in [0.05, 0.1) is 6.21 Å². The maximum absolute atomic E-state index is 11.8. The van der Waals surface area contributed by atoms with Crippen molar-refractivity contribution in [2.45, 2.75) is 13.5 Å². The van der Waals surface area contributed by atoms with E-state index in [1.165, 1.54) is 0 Å². The van der Waals surface area contributed by atoms with Crippen molar-refractivity contribution in [3.05, 3.63) is 87.8 Å². The fourth-order valence-corrected chi connectivity index (χ4v) is 2.44. The lowest BCUT2D eigenvalue weighted by Crippen LogP contribution is -2.16. The molecule has 0 bridgehead atoms. The molecule has 0 aliphatic rings. The molecule has 26 heavy (non-hydrogen) atoms. The van der Waals surface area contributed by atoms with Gasteiger partial charge in [0, 0.05) is 4.47 Å². The van der Waals surface area contributed by atoms with Crippen molar-refractivity contribution in [1.29, 1.82) is 0 Å². The summed E-state index contributed by atoms with van der Waals surface area (Å²) in [5.41, 5.74) is 4.36. The molecule has 0 spiro atoms. The molecule has 1 aromatic heterocycles. The Labute approximate surface area is 159 Å². The fraction of sp³-hybridized carbons (Fsp3) is 0.100. The van der Waals surface area contributed by atoms with Gasteiger partial charge in [-0.1, -0.05) is 28.1 Å². The van der Waals surface area contributed by atoms with Gasteiger partial charge in [0.15, 0.2) is 5.76 Å². The van der Waals surface area contributed by atoms with E-state index in [2.05, 4.69) is 26.5 Å². The second kappa shape index (κ2) is 8.49. The first-order valence-corrected chi connectivity index (χ1v) is 8.76. The van der Waals surface area contributed by atoms with Crippen LogP contribution in [0.5, 0.6) is 5.75 Å². The topological polar surface area (TPSA) is 63.8 Å². The molecule has 0 saturated heterocycles. The van der Waals surface area contributed by atoms with Crippen molar-refractivity contribution in [1.82, 2.24) is 5.43 Å². The molecule has 132 valence electrons. The Balaban J connectivity index is 1.50. The van der Waals surface area contributed by atoms with Crippen molar-refractivity contribution in [3.63, 3.8) is 0 Å². The molecule has 0 fully saturated rings. The Hall–Kier alpha value is -2.86. The molecule has 6 heteroatoms. The van der Waals surface area contributed by atoms with Crippen LogP contribution in [0, 0.1) is 6.92 Å². The molecule has 1 amide bonds. The van der Waals surface area contributed by atoms with Crippen LogP contribution in [0.15, 0.2) is 74.7 Å². The van der Waals surface area contributed by atoms with Crippen LogP contribution in [0.2, 0.25) is 0 Å². The normalized spacial score (nSPS) is 10.8. The molecule has 0 radical (unpaired) electrons. The molecule has 0 atom stereocenters. The summed E-state index contributed by atoms with van der Waals surface area (Å²) in [5, 5.41) is 3.93. The number of carbonyl (C=O) groups is 1. The minimum Gasteiger partial charge on any atom is -0.489 e. The Morgan fingerprint density at radius 3 is 2.50 bits per heavy atom. The number of furan rings is 1. The van der Waals surface area contributed by atoms with E-state index in [-0.39, 0.29) is 11.7 Å². The predicted octanol–water partition coefficient (Wildman–Crippen LogP) is 4.69. The highest BCUT2D eigenvalue weighted by Crippen LogP contribution is 2.15. The van der Waals surface area contributed by atoms with Crippen LogP contribution in [0.3, 0.4) is 0 Å². The number of carbonyl (C=O) groups excluding carboxylic acids is 1. The molecule has 3 aromatic rings. The Kier molecular flexibility index (Phi) is 5.86. The zero-order valence-corrected chi connectivity index (χ0v) is 15.7. The van der Waals surface area contributed by atoms with Gasteiger partial charge in [-0.3, -0.25) is 4.79 Å². The zero-order chi connectivity index (χ0) is 18.4. The van der Waals surface area contributed by atoms with E-state index in [1.54, 1.807) is 25.3 Å². The number of benzene rings is 2. The number of rotatable bonds is 6. The lowest BCUT2D eigenvalue weighted by molar-refractivity contribution is 0.0926. The quantitative estimate of drug-likeness (QED) is 0.471. The molecule has 5 nitrogen and oxygen atoms in total. The molecule has 0 aliphatic heterocycles. The third kappa shape index (κ3) is 5.07. The van der Waals surface area contributed by atoms with Gasteiger partial charge in [0.1, 0.15) is 18.1 Å². The summed E-state index contributed by atoms with van der Waals surface area (Å²) in [6, 6.07) is 18.8. The van der Waals surface area contributed by atoms with Crippen LogP contribution in [0.4, 0.5) is 0 Å². The number of hydrogen-bond acceptors (Lipinski definition) is 4. The number of hydrogen-bond donors (Lipinski definition) is 1. The van der Waals surface area contributed by atoms with E-state index in [0.29, 0.717) is 12.4 Å². The van der Waals surface area contributed by atoms with Gasteiger partial charge in [-0.25, -0.2) is 5.43 Å². The molecule has 0 aliphatic carbocycles. The lowest BCUT2D eigenvalue weighted by atomic mass is 10.2. The minimum absolute atomic E-state index is 0.233. The minimum atomic E-state index is -0.385. The molecule has 0 unspecified atom stereocenters. The van der Waals surface area contributed by atoms with Crippen molar-refractivity contribution < 1.29 is 13.9 Å². The van der Waals surface area contributed by atoms with Gasteiger partial charge in [0.2, 0.25) is 0 Å². The van der Waals surface area contributed by atoms with Gasteiger partial charge in [0.25, 0.3) is 0 Å². The molecule has 2 aromatic carbocycles. The zero-order valence-electron chi connectivity index (χ0n) is 14.1. The monoisotopic (exact) mass is 412 g/mol. The maximum Gasteiger partial charge on any atom is 0.307 e. The fourth-order valence-electron chi connectivity index (χ4n) is 2.17. The molecule has 1 N–H and O–H groups in total. The van der Waals surface area contributed by atoms with Crippen molar-refractivity contribution in [2.24, 2.45) is 5.10 Å². The standard InChI is InChI=1S/C20H17BrN2O3/c1-14-2-11-19(26-14)20(24)23-22-12-15-5-9-18(10-6-15)25-13-16-3-7-17(21)8-4-16/h2-12H,13H2,1H3,(H,23,24)/b22-12-. The number of hydrazone groups is 1. The first-order valence-electron chi connectivity index (χ1n) is 7.97. The molecule has 1 heterocycles. The second-order valence-corrected chi connectivity index (χ2v) is 6.51. The van der Waals surface area contributed by atoms with Crippen LogP contribution >= 0.6 is 15.9 Å². The smallest absolute Gasteiger partial charge is 0.307 e. The molecular weight excluding hydrogens is 396 g/mol. The van der Waals surface area contributed by atoms with Crippen LogP contribution in [0.25, 0.3) is 0 Å². The Bertz CT molecular complexity index is 900. The van der Waals surface area contributed by atoms with E-state index in [4.69, 9.17) is 9.15 Å². The van der Waals surface area contributed by atoms with Gasteiger partial charge < -0.3 is 9.15 Å². The summed E-state index contributed by atoms with van der Waals surface area (Å²) in [6.07, 6.45) is 1.56. The van der Waals surface area contributed by atoms with E-state index >= 15 is 0 Å². The molecular formula is C20H17BrN2O3. The summed E-state index contributed by atoms with van der Waals surface area (Å²) >= 11 is 3.41. The van der Waals surface area contributed by atoms with E-state index in [9.17, 15) is 4.79 Å². The summed E-state index contributed by atoms with van der Waals surface area (Å²) in [5.74, 6) is 1.29. The third-order valence-electron chi connectivity index (χ3n) is 3.54. The van der Waals surface area contributed by atoms with E-state index in [1.807, 2.05) is 48.5 Å². The number of halogens is 1. The first kappa shape index (κ1) is 17.9. The summed E-state index contributed by atoms with van der Waals surface area (Å²) in [6.45, 7) is 2.28. The Morgan fingerprint density at radius 1 is 1.12 bits per heavy atom. The van der Waals surface area contributed by atoms with E-state index in [0.717, 1.165) is 21.3 Å². The highest BCUT2D eigenvalue weighted by Gasteiger charge is 2.07. The number of nitrogens with one attached hydrogen (secondary N) is 1. The van der Waals surface area contributed by atoms with Crippen LogP contribution in [0.1, 0.15) is 27.4 Å². The highest BCUT2D eigenvalue weighted by atomic mass is 79.9. The number of nitrogens with zero attached hydrogens (tertiary/aromatic N) is 1. The van der Waals surface area contributed by atoms with Crippen LogP contribution in [-0.4, -0.2) is 12.1 Å². The lowest BCUT2D eigenvalue weighted by Gasteiger charge is -2.06.